The Balaban J connectivity index is 2.01. The molecule has 0 fully saturated rings. The van der Waals surface area contributed by atoms with Gasteiger partial charge in [-0.15, -0.1) is 11.8 Å². The zero-order valence-electron chi connectivity index (χ0n) is 12.2. The Bertz CT molecular complexity index is 381. The normalized spacial score (nSPS) is 10.5. The maximum Gasteiger partial charge on any atom is 0.230 e. The van der Waals surface area contributed by atoms with Crippen molar-refractivity contribution in [2.24, 2.45) is 0 Å². The van der Waals surface area contributed by atoms with Crippen molar-refractivity contribution in [1.29, 1.82) is 0 Å². The second-order valence-corrected chi connectivity index (χ2v) is 5.46. The number of methoxy groups -OCH3 is 1. The second kappa shape index (κ2) is 10.7. The van der Waals surface area contributed by atoms with Gasteiger partial charge < -0.3 is 14.8 Å². The predicted molar refractivity (Wildman–Crippen MR) is 82.2 cm³/mol. The van der Waals surface area contributed by atoms with Gasteiger partial charge in [-0.3, -0.25) is 4.79 Å². The molecule has 112 valence electrons. The van der Waals surface area contributed by atoms with Crippen LogP contribution in [0, 0.1) is 6.92 Å². The predicted octanol–water partition coefficient (Wildman–Crippen LogP) is 2.26. The molecular formula is C15H23NO3S. The number of aryl methyl sites for hydroxylation is 1. The molecule has 4 nitrogen and oxygen atoms in total. The van der Waals surface area contributed by atoms with E-state index in [-0.39, 0.29) is 5.91 Å². The first kappa shape index (κ1) is 17.0. The molecule has 1 aromatic rings. The van der Waals surface area contributed by atoms with Gasteiger partial charge >= 0.3 is 0 Å². The molecule has 0 spiro atoms. The maximum atomic E-state index is 11.6. The lowest BCUT2D eigenvalue weighted by molar-refractivity contribution is -0.118. The first-order chi connectivity index (χ1) is 9.72. The van der Waals surface area contributed by atoms with Crippen molar-refractivity contribution < 1.29 is 14.3 Å². The van der Waals surface area contributed by atoms with Crippen molar-refractivity contribution in [3.63, 3.8) is 0 Å². The zero-order chi connectivity index (χ0) is 14.6. The molecule has 5 heteroatoms. The van der Waals surface area contributed by atoms with Crippen LogP contribution in [0.25, 0.3) is 0 Å². The molecule has 0 saturated heterocycles. The fourth-order valence-electron chi connectivity index (χ4n) is 1.48. The highest BCUT2D eigenvalue weighted by atomic mass is 32.2. The Labute approximate surface area is 125 Å². The number of benzene rings is 1. The summed E-state index contributed by atoms with van der Waals surface area (Å²) in [6.45, 7) is 4.57. The van der Waals surface area contributed by atoms with Crippen LogP contribution in [0.2, 0.25) is 0 Å². The van der Waals surface area contributed by atoms with E-state index in [1.54, 1.807) is 18.9 Å². The van der Waals surface area contributed by atoms with Gasteiger partial charge in [-0.05, 0) is 25.5 Å². The smallest absolute Gasteiger partial charge is 0.230 e. The van der Waals surface area contributed by atoms with Gasteiger partial charge in [0.05, 0.1) is 19.0 Å². The van der Waals surface area contributed by atoms with Crippen molar-refractivity contribution in [3.8, 4) is 0 Å². The molecule has 0 aliphatic carbocycles. The number of carbonyl (C=O) groups excluding carboxylic acids is 1. The van der Waals surface area contributed by atoms with E-state index in [4.69, 9.17) is 9.47 Å². The molecule has 0 aromatic heterocycles. The van der Waals surface area contributed by atoms with Gasteiger partial charge in [0.1, 0.15) is 0 Å². The quantitative estimate of drug-likeness (QED) is 0.531. The number of rotatable bonds is 10. The minimum atomic E-state index is 0.0625. The first-order valence-corrected chi connectivity index (χ1v) is 7.74. The van der Waals surface area contributed by atoms with Gasteiger partial charge in [-0.1, -0.05) is 17.7 Å². The van der Waals surface area contributed by atoms with E-state index < -0.39 is 0 Å². The Morgan fingerprint density at radius 3 is 2.65 bits per heavy atom. The van der Waals surface area contributed by atoms with Gasteiger partial charge in [-0.25, -0.2) is 0 Å². The van der Waals surface area contributed by atoms with Crippen molar-refractivity contribution in [1.82, 2.24) is 5.32 Å². The monoisotopic (exact) mass is 297 g/mol. The SMILES string of the molecule is COCCOCCCNC(=O)CSc1ccc(C)cc1. The number of nitrogens with one attached hydrogen (secondary N) is 1. The first-order valence-electron chi connectivity index (χ1n) is 6.75. The molecular weight excluding hydrogens is 274 g/mol. The van der Waals surface area contributed by atoms with E-state index in [2.05, 4.69) is 24.4 Å². The summed E-state index contributed by atoms with van der Waals surface area (Å²) in [5.74, 6) is 0.514. The Hall–Kier alpha value is -1.04. The second-order valence-electron chi connectivity index (χ2n) is 4.41. The molecule has 0 saturated carbocycles. The third-order valence-electron chi connectivity index (χ3n) is 2.61. The highest BCUT2D eigenvalue weighted by Gasteiger charge is 2.02. The fourth-order valence-corrected chi connectivity index (χ4v) is 2.21. The lowest BCUT2D eigenvalue weighted by Crippen LogP contribution is -2.27. The topological polar surface area (TPSA) is 47.6 Å². The molecule has 1 rings (SSSR count). The van der Waals surface area contributed by atoms with Gasteiger partial charge in [0.15, 0.2) is 0 Å². The van der Waals surface area contributed by atoms with E-state index in [0.29, 0.717) is 32.1 Å². The molecule has 1 N–H and O–H groups in total. The van der Waals surface area contributed by atoms with Gasteiger partial charge in [0.25, 0.3) is 0 Å². The molecule has 0 aliphatic rings. The largest absolute Gasteiger partial charge is 0.382 e. The van der Waals surface area contributed by atoms with Crippen molar-refractivity contribution in [3.05, 3.63) is 29.8 Å². The summed E-state index contributed by atoms with van der Waals surface area (Å²) in [5.41, 5.74) is 1.23. The van der Waals surface area contributed by atoms with Crippen LogP contribution in [-0.4, -0.2) is 45.1 Å². The van der Waals surface area contributed by atoms with Crippen molar-refractivity contribution in [2.45, 2.75) is 18.2 Å². The molecule has 0 atom stereocenters. The minimum Gasteiger partial charge on any atom is -0.382 e. The van der Waals surface area contributed by atoms with Gasteiger partial charge in [0.2, 0.25) is 5.91 Å². The standard InChI is InChI=1S/C15H23NO3S/c1-13-4-6-14(7-5-13)20-12-15(17)16-8-3-9-19-11-10-18-2/h4-7H,3,8-12H2,1-2H3,(H,16,17). The van der Waals surface area contributed by atoms with Gasteiger partial charge in [0, 0.05) is 25.2 Å². The Morgan fingerprint density at radius 2 is 1.95 bits per heavy atom. The highest BCUT2D eigenvalue weighted by molar-refractivity contribution is 8.00. The van der Waals surface area contributed by atoms with Crippen LogP contribution >= 0.6 is 11.8 Å². The molecule has 0 heterocycles. The lowest BCUT2D eigenvalue weighted by Gasteiger charge is -2.06. The third-order valence-corrected chi connectivity index (χ3v) is 3.62. The summed E-state index contributed by atoms with van der Waals surface area (Å²) >= 11 is 1.55. The third kappa shape index (κ3) is 8.19. The number of amides is 1. The summed E-state index contributed by atoms with van der Waals surface area (Å²) in [5, 5.41) is 2.88. The average molecular weight is 297 g/mol. The number of ether oxygens (including phenoxy) is 2. The van der Waals surface area contributed by atoms with Crippen LogP contribution in [0.1, 0.15) is 12.0 Å². The lowest BCUT2D eigenvalue weighted by atomic mass is 10.2. The summed E-state index contributed by atoms with van der Waals surface area (Å²) in [7, 11) is 1.65. The molecule has 0 bridgehead atoms. The van der Waals surface area contributed by atoms with E-state index in [1.165, 1.54) is 5.56 Å². The number of hydrogen-bond donors (Lipinski definition) is 1. The average Bonchev–Trinajstić information content (AvgIpc) is 2.46. The zero-order valence-corrected chi connectivity index (χ0v) is 13.0. The molecule has 20 heavy (non-hydrogen) atoms. The van der Waals surface area contributed by atoms with E-state index in [1.807, 2.05) is 12.1 Å². The van der Waals surface area contributed by atoms with Crippen molar-refractivity contribution in [2.75, 3.05) is 39.2 Å². The molecule has 0 aliphatic heterocycles. The number of thioether (sulfide) groups is 1. The maximum absolute atomic E-state index is 11.6. The van der Waals surface area contributed by atoms with Crippen LogP contribution in [-0.2, 0) is 14.3 Å². The fraction of sp³-hybridized carbons (Fsp3) is 0.533. The summed E-state index contributed by atoms with van der Waals surface area (Å²) in [6.07, 6.45) is 0.824. The van der Waals surface area contributed by atoms with Crippen LogP contribution in [0.3, 0.4) is 0 Å². The van der Waals surface area contributed by atoms with Crippen LogP contribution < -0.4 is 5.32 Å². The van der Waals surface area contributed by atoms with Crippen LogP contribution in [0.4, 0.5) is 0 Å². The van der Waals surface area contributed by atoms with Crippen molar-refractivity contribution >= 4 is 17.7 Å². The van der Waals surface area contributed by atoms with E-state index in [9.17, 15) is 4.79 Å². The summed E-state index contributed by atoms with van der Waals surface area (Å²) < 4.78 is 10.2. The Morgan fingerprint density at radius 1 is 1.20 bits per heavy atom. The summed E-state index contributed by atoms with van der Waals surface area (Å²) in [4.78, 5) is 12.7. The van der Waals surface area contributed by atoms with Gasteiger partial charge in [-0.2, -0.15) is 0 Å². The van der Waals surface area contributed by atoms with E-state index in [0.717, 1.165) is 11.3 Å². The van der Waals surface area contributed by atoms with E-state index >= 15 is 0 Å². The van der Waals surface area contributed by atoms with Crippen LogP contribution in [0.15, 0.2) is 29.2 Å². The highest BCUT2D eigenvalue weighted by Crippen LogP contribution is 2.17. The van der Waals surface area contributed by atoms with Crippen LogP contribution in [0.5, 0.6) is 0 Å². The molecule has 0 radical (unpaired) electrons. The molecule has 0 unspecified atom stereocenters. The minimum absolute atomic E-state index is 0.0625. The number of carbonyl (C=O) groups is 1. The summed E-state index contributed by atoms with van der Waals surface area (Å²) in [6, 6.07) is 8.18. The molecule has 1 amide bonds. The Kier molecular flexibility index (Phi) is 9.11. The molecule has 1 aromatic carbocycles. The number of hydrogen-bond acceptors (Lipinski definition) is 4.